The van der Waals surface area contributed by atoms with Crippen molar-refractivity contribution >= 4 is 5.97 Å². The van der Waals surface area contributed by atoms with Crippen molar-refractivity contribution in [3.05, 3.63) is 23.8 Å². The lowest BCUT2D eigenvalue weighted by Crippen LogP contribution is -2.12. The summed E-state index contributed by atoms with van der Waals surface area (Å²) in [4.78, 5) is 10.6. The van der Waals surface area contributed by atoms with Crippen LogP contribution in [0.4, 0.5) is 0 Å². The first-order valence-corrected chi connectivity index (χ1v) is 4.25. The number of benzene rings is 1. The SMILES string of the molecule is CC(Cc1cccc(O)c1O)C(=O)O. The van der Waals surface area contributed by atoms with Gasteiger partial charge in [0, 0.05) is 0 Å². The maximum absolute atomic E-state index is 10.6. The Labute approximate surface area is 81.4 Å². The second-order valence-electron chi connectivity index (χ2n) is 3.23. The Morgan fingerprint density at radius 2 is 2.07 bits per heavy atom. The lowest BCUT2D eigenvalue weighted by molar-refractivity contribution is -0.141. The summed E-state index contributed by atoms with van der Waals surface area (Å²) in [5, 5.41) is 27.2. The Morgan fingerprint density at radius 3 is 2.64 bits per heavy atom. The van der Waals surface area contributed by atoms with Gasteiger partial charge in [-0.05, 0) is 18.1 Å². The number of carbonyl (C=O) groups is 1. The van der Waals surface area contributed by atoms with Crippen molar-refractivity contribution < 1.29 is 20.1 Å². The molecule has 1 aromatic carbocycles. The van der Waals surface area contributed by atoms with E-state index in [0.29, 0.717) is 5.56 Å². The molecule has 1 rings (SSSR count). The van der Waals surface area contributed by atoms with Crippen molar-refractivity contribution in [2.75, 3.05) is 0 Å². The van der Waals surface area contributed by atoms with Gasteiger partial charge in [0.25, 0.3) is 0 Å². The average Bonchev–Trinajstić information content (AvgIpc) is 2.12. The highest BCUT2D eigenvalue weighted by Gasteiger charge is 2.15. The van der Waals surface area contributed by atoms with Crippen molar-refractivity contribution in [2.45, 2.75) is 13.3 Å². The number of aliphatic carboxylic acids is 1. The summed E-state index contributed by atoms with van der Waals surface area (Å²) >= 11 is 0. The molecule has 14 heavy (non-hydrogen) atoms. The molecule has 4 nitrogen and oxygen atoms in total. The molecule has 0 saturated carbocycles. The Hall–Kier alpha value is -1.71. The number of phenols is 2. The van der Waals surface area contributed by atoms with Gasteiger partial charge in [0.15, 0.2) is 11.5 Å². The Kier molecular flexibility index (Phi) is 2.96. The molecule has 0 fully saturated rings. The molecule has 4 heteroatoms. The predicted molar refractivity (Wildman–Crippen MR) is 50.3 cm³/mol. The van der Waals surface area contributed by atoms with Crippen LogP contribution < -0.4 is 0 Å². The van der Waals surface area contributed by atoms with Crippen LogP contribution in [0.1, 0.15) is 12.5 Å². The second kappa shape index (κ2) is 4.00. The fraction of sp³-hybridized carbons (Fsp3) is 0.300. The molecule has 1 atom stereocenters. The molecular weight excluding hydrogens is 184 g/mol. The molecule has 0 aliphatic carbocycles. The number of rotatable bonds is 3. The van der Waals surface area contributed by atoms with E-state index in [4.69, 9.17) is 10.2 Å². The number of para-hydroxylation sites is 1. The maximum Gasteiger partial charge on any atom is 0.306 e. The number of hydrogen-bond donors (Lipinski definition) is 3. The summed E-state index contributed by atoms with van der Waals surface area (Å²) in [6.45, 7) is 1.55. The summed E-state index contributed by atoms with van der Waals surface area (Å²) in [5.74, 6) is -1.96. The topological polar surface area (TPSA) is 77.8 Å². The first kappa shape index (κ1) is 10.4. The zero-order chi connectivity index (χ0) is 10.7. The van der Waals surface area contributed by atoms with Crippen molar-refractivity contribution in [1.29, 1.82) is 0 Å². The summed E-state index contributed by atoms with van der Waals surface area (Å²) in [7, 11) is 0. The van der Waals surface area contributed by atoms with Crippen LogP contribution in [-0.4, -0.2) is 21.3 Å². The third-order valence-electron chi connectivity index (χ3n) is 2.05. The molecule has 0 saturated heterocycles. The van der Waals surface area contributed by atoms with Crippen LogP contribution in [0.15, 0.2) is 18.2 Å². The van der Waals surface area contributed by atoms with Gasteiger partial charge in [0.1, 0.15) is 0 Å². The van der Waals surface area contributed by atoms with Crippen LogP contribution in [0.5, 0.6) is 11.5 Å². The first-order valence-electron chi connectivity index (χ1n) is 4.25. The summed E-state index contributed by atoms with van der Waals surface area (Å²) in [6.07, 6.45) is 0.204. The average molecular weight is 196 g/mol. The van der Waals surface area contributed by atoms with Gasteiger partial charge in [0.05, 0.1) is 5.92 Å². The molecule has 0 heterocycles. The van der Waals surface area contributed by atoms with Gasteiger partial charge in [-0.2, -0.15) is 0 Å². The van der Waals surface area contributed by atoms with E-state index in [1.807, 2.05) is 0 Å². The number of carboxylic acids is 1. The molecular formula is C10H12O4. The maximum atomic E-state index is 10.6. The lowest BCUT2D eigenvalue weighted by Gasteiger charge is -2.08. The fourth-order valence-corrected chi connectivity index (χ4v) is 1.16. The minimum absolute atomic E-state index is 0.204. The standard InChI is InChI=1S/C10H12O4/c1-6(10(13)14)5-7-3-2-4-8(11)9(7)12/h2-4,6,11-12H,5H2,1H3,(H,13,14). The Bertz CT molecular complexity index is 346. The van der Waals surface area contributed by atoms with Crippen molar-refractivity contribution in [2.24, 2.45) is 5.92 Å². The van der Waals surface area contributed by atoms with Crippen LogP contribution in [0.25, 0.3) is 0 Å². The molecule has 76 valence electrons. The van der Waals surface area contributed by atoms with Gasteiger partial charge >= 0.3 is 5.97 Å². The molecule has 0 aliphatic rings. The molecule has 1 unspecified atom stereocenters. The van der Waals surface area contributed by atoms with Gasteiger partial charge in [-0.3, -0.25) is 4.79 Å². The minimum atomic E-state index is -0.923. The smallest absolute Gasteiger partial charge is 0.306 e. The lowest BCUT2D eigenvalue weighted by atomic mass is 10.0. The van der Waals surface area contributed by atoms with E-state index in [0.717, 1.165) is 0 Å². The predicted octanol–water partition coefficient (Wildman–Crippen LogP) is 1.36. The van der Waals surface area contributed by atoms with Crippen LogP contribution in [0, 0.1) is 5.92 Å². The molecule has 0 spiro atoms. The van der Waals surface area contributed by atoms with Crippen LogP contribution >= 0.6 is 0 Å². The van der Waals surface area contributed by atoms with E-state index < -0.39 is 11.9 Å². The quantitative estimate of drug-likeness (QED) is 0.638. The third kappa shape index (κ3) is 2.16. The van der Waals surface area contributed by atoms with E-state index in [1.165, 1.54) is 6.07 Å². The largest absolute Gasteiger partial charge is 0.504 e. The molecule has 3 N–H and O–H groups in total. The van der Waals surface area contributed by atoms with E-state index in [9.17, 15) is 9.90 Å². The molecule has 0 bridgehead atoms. The number of carboxylic acid groups (broad SMARTS) is 1. The Balaban J connectivity index is 2.87. The molecule has 0 radical (unpaired) electrons. The van der Waals surface area contributed by atoms with E-state index in [1.54, 1.807) is 19.1 Å². The minimum Gasteiger partial charge on any atom is -0.504 e. The zero-order valence-corrected chi connectivity index (χ0v) is 7.77. The monoisotopic (exact) mass is 196 g/mol. The summed E-state index contributed by atoms with van der Waals surface area (Å²) < 4.78 is 0. The van der Waals surface area contributed by atoms with Crippen LogP contribution in [0.2, 0.25) is 0 Å². The summed E-state index contributed by atoms with van der Waals surface area (Å²) in [5.41, 5.74) is 0.444. The highest BCUT2D eigenvalue weighted by Crippen LogP contribution is 2.29. The number of phenolic OH excluding ortho intramolecular Hbond substituents is 2. The normalized spacial score (nSPS) is 12.4. The molecule has 0 aliphatic heterocycles. The summed E-state index contributed by atoms with van der Waals surface area (Å²) in [6, 6.07) is 4.51. The van der Waals surface area contributed by atoms with Crippen molar-refractivity contribution in [3.63, 3.8) is 0 Å². The zero-order valence-electron chi connectivity index (χ0n) is 7.77. The first-order chi connectivity index (χ1) is 6.52. The van der Waals surface area contributed by atoms with Crippen LogP contribution in [-0.2, 0) is 11.2 Å². The van der Waals surface area contributed by atoms with Gasteiger partial charge < -0.3 is 15.3 Å². The van der Waals surface area contributed by atoms with E-state index in [-0.39, 0.29) is 17.9 Å². The third-order valence-corrected chi connectivity index (χ3v) is 2.05. The molecule has 0 aromatic heterocycles. The van der Waals surface area contributed by atoms with Gasteiger partial charge in [0.2, 0.25) is 0 Å². The van der Waals surface area contributed by atoms with Gasteiger partial charge in [-0.25, -0.2) is 0 Å². The van der Waals surface area contributed by atoms with Gasteiger partial charge in [-0.15, -0.1) is 0 Å². The van der Waals surface area contributed by atoms with Gasteiger partial charge in [-0.1, -0.05) is 19.1 Å². The number of hydrogen-bond acceptors (Lipinski definition) is 3. The molecule has 0 amide bonds. The van der Waals surface area contributed by atoms with E-state index >= 15 is 0 Å². The van der Waals surface area contributed by atoms with E-state index in [2.05, 4.69) is 0 Å². The van der Waals surface area contributed by atoms with Crippen LogP contribution in [0.3, 0.4) is 0 Å². The Morgan fingerprint density at radius 1 is 1.43 bits per heavy atom. The highest BCUT2D eigenvalue weighted by molar-refractivity contribution is 5.70. The highest BCUT2D eigenvalue weighted by atomic mass is 16.4. The van der Waals surface area contributed by atoms with Crippen molar-refractivity contribution in [3.8, 4) is 11.5 Å². The fourth-order valence-electron chi connectivity index (χ4n) is 1.16. The second-order valence-corrected chi connectivity index (χ2v) is 3.23. The number of aromatic hydroxyl groups is 2. The molecule has 1 aromatic rings. The van der Waals surface area contributed by atoms with Crippen molar-refractivity contribution in [1.82, 2.24) is 0 Å².